The van der Waals surface area contributed by atoms with Crippen molar-refractivity contribution in [3.63, 3.8) is 0 Å². The van der Waals surface area contributed by atoms with Crippen LogP contribution in [0.5, 0.6) is 0 Å². The van der Waals surface area contributed by atoms with E-state index in [-0.39, 0.29) is 30.1 Å². The lowest BCUT2D eigenvalue weighted by Crippen LogP contribution is -2.45. The Kier molecular flexibility index (Phi) is 6.36. The van der Waals surface area contributed by atoms with Crippen molar-refractivity contribution in [2.45, 2.75) is 25.3 Å². The van der Waals surface area contributed by atoms with Gasteiger partial charge in [-0.15, -0.1) is 0 Å². The highest BCUT2D eigenvalue weighted by Crippen LogP contribution is 2.31. The first-order chi connectivity index (χ1) is 15.9. The van der Waals surface area contributed by atoms with Crippen molar-refractivity contribution in [1.29, 1.82) is 0 Å². The van der Waals surface area contributed by atoms with Crippen LogP contribution >= 0.6 is 0 Å². The third kappa shape index (κ3) is 4.56. The van der Waals surface area contributed by atoms with Gasteiger partial charge in [-0.1, -0.05) is 6.07 Å². The number of carbonyl (C=O) groups is 2. The van der Waals surface area contributed by atoms with Crippen molar-refractivity contribution in [3.8, 4) is 11.5 Å². The average Bonchev–Trinajstić information content (AvgIpc) is 3.22. The molecule has 8 nitrogen and oxygen atoms in total. The summed E-state index contributed by atoms with van der Waals surface area (Å²) in [5, 5.41) is 12.4. The van der Waals surface area contributed by atoms with E-state index in [1.54, 1.807) is 29.2 Å². The lowest BCUT2D eigenvalue weighted by Gasteiger charge is -2.34. The van der Waals surface area contributed by atoms with Gasteiger partial charge in [0.05, 0.1) is 12.6 Å². The summed E-state index contributed by atoms with van der Waals surface area (Å²) in [7, 11) is 0. The molecule has 1 atom stereocenters. The molecule has 1 aliphatic heterocycles. The number of aliphatic hydroxyl groups is 1. The number of nitrogens with zero attached hydrogens (tertiary/aromatic N) is 2. The van der Waals surface area contributed by atoms with E-state index >= 15 is 0 Å². The molecule has 1 fully saturated rings. The molecule has 0 bridgehead atoms. The molecule has 2 aromatic carbocycles. The number of aromatic nitrogens is 1. The first-order valence-corrected chi connectivity index (χ1v) is 10.4. The first-order valence-electron chi connectivity index (χ1n) is 10.4. The number of hydrogen-bond acceptors (Lipinski definition) is 6. The fraction of sp³-hybridized carbons (Fsp3) is 0.261. The van der Waals surface area contributed by atoms with Crippen LogP contribution in [0.3, 0.4) is 0 Å². The minimum Gasteiger partial charge on any atom is -0.419 e. The van der Waals surface area contributed by atoms with Gasteiger partial charge in [-0.25, -0.2) is 13.8 Å². The molecule has 10 heteroatoms. The van der Waals surface area contributed by atoms with Crippen LogP contribution in [-0.2, 0) is 0 Å². The highest BCUT2D eigenvalue weighted by atomic mass is 19.1. The van der Waals surface area contributed by atoms with Crippen molar-refractivity contribution in [2.75, 3.05) is 18.5 Å². The Balaban J connectivity index is 1.57. The smallest absolute Gasteiger partial charge is 0.273 e. The normalized spacial score (nSPS) is 16.0. The summed E-state index contributed by atoms with van der Waals surface area (Å²) in [4.78, 5) is 30.2. The molecule has 1 aliphatic rings. The molecule has 33 heavy (non-hydrogen) atoms. The average molecular weight is 456 g/mol. The highest BCUT2D eigenvalue weighted by Gasteiger charge is 2.27. The Hall–Kier alpha value is -3.79. The summed E-state index contributed by atoms with van der Waals surface area (Å²) in [6.45, 7) is 0.497. The number of anilines is 2. The van der Waals surface area contributed by atoms with Crippen LogP contribution in [-0.4, -0.2) is 46.0 Å². The third-order valence-corrected chi connectivity index (χ3v) is 5.53. The molecule has 172 valence electrons. The molecule has 0 radical (unpaired) electrons. The van der Waals surface area contributed by atoms with Crippen LogP contribution in [0.15, 0.2) is 46.9 Å². The summed E-state index contributed by atoms with van der Waals surface area (Å²) in [5.41, 5.74) is 5.37. The fourth-order valence-corrected chi connectivity index (χ4v) is 3.83. The van der Waals surface area contributed by atoms with Crippen LogP contribution in [0.1, 0.15) is 40.1 Å². The number of oxazole rings is 1. The number of nitrogens with one attached hydrogen (secondary N) is 1. The maximum absolute atomic E-state index is 14.1. The Morgan fingerprint density at radius 2 is 1.85 bits per heavy atom. The van der Waals surface area contributed by atoms with Gasteiger partial charge >= 0.3 is 0 Å². The molecule has 1 unspecified atom stereocenters. The monoisotopic (exact) mass is 456 g/mol. The van der Waals surface area contributed by atoms with E-state index in [0.717, 1.165) is 31.4 Å². The predicted octanol–water partition coefficient (Wildman–Crippen LogP) is 3.45. The molecule has 2 heterocycles. The Labute approximate surface area is 188 Å². The molecule has 4 N–H and O–H groups in total. The topological polar surface area (TPSA) is 122 Å². The first kappa shape index (κ1) is 22.4. The van der Waals surface area contributed by atoms with Crippen LogP contribution in [0.25, 0.3) is 11.5 Å². The second-order valence-corrected chi connectivity index (χ2v) is 7.69. The summed E-state index contributed by atoms with van der Waals surface area (Å²) in [5.74, 6) is -3.56. The van der Waals surface area contributed by atoms with Gasteiger partial charge in [0, 0.05) is 17.8 Å². The Bertz CT molecular complexity index is 1160. The fourth-order valence-electron chi connectivity index (χ4n) is 3.83. The van der Waals surface area contributed by atoms with E-state index in [4.69, 9.17) is 10.2 Å². The highest BCUT2D eigenvalue weighted by molar-refractivity contribution is 5.97. The van der Waals surface area contributed by atoms with Crippen LogP contribution in [0, 0.1) is 11.6 Å². The van der Waals surface area contributed by atoms with E-state index in [1.807, 2.05) is 0 Å². The maximum Gasteiger partial charge on any atom is 0.273 e. The van der Waals surface area contributed by atoms with Gasteiger partial charge in [-0.3, -0.25) is 9.59 Å². The van der Waals surface area contributed by atoms with Crippen molar-refractivity contribution in [3.05, 3.63) is 65.4 Å². The third-order valence-electron chi connectivity index (χ3n) is 5.53. The van der Waals surface area contributed by atoms with E-state index in [1.165, 1.54) is 6.07 Å². The number of likely N-dealkylation sites (tertiary alicyclic amines) is 1. The lowest BCUT2D eigenvalue weighted by atomic mass is 10.0. The molecular formula is C23H22F2N4O4. The van der Waals surface area contributed by atoms with E-state index in [2.05, 4.69) is 10.3 Å². The van der Waals surface area contributed by atoms with Crippen molar-refractivity contribution in [1.82, 2.24) is 9.88 Å². The summed E-state index contributed by atoms with van der Waals surface area (Å²) < 4.78 is 33.6. The summed E-state index contributed by atoms with van der Waals surface area (Å²) >= 11 is 0. The van der Waals surface area contributed by atoms with E-state index in [9.17, 15) is 23.5 Å². The van der Waals surface area contributed by atoms with Crippen LogP contribution < -0.4 is 11.1 Å². The Morgan fingerprint density at radius 1 is 1.15 bits per heavy atom. The number of halogens is 2. The molecule has 0 spiro atoms. The SMILES string of the molecule is NC(=O)c1nc(-c2c(F)cccc2F)oc1Nc1ccc(C(=O)N2CCCCC2CO)cc1. The van der Waals surface area contributed by atoms with Gasteiger partial charge in [-0.2, -0.15) is 0 Å². The van der Waals surface area contributed by atoms with E-state index in [0.29, 0.717) is 17.8 Å². The molecule has 0 saturated carbocycles. The zero-order valence-corrected chi connectivity index (χ0v) is 17.6. The number of carbonyl (C=O) groups excluding carboxylic acids is 2. The number of piperidine rings is 1. The predicted molar refractivity (Wildman–Crippen MR) is 116 cm³/mol. The molecule has 3 aromatic rings. The van der Waals surface area contributed by atoms with Gasteiger partial charge < -0.3 is 25.5 Å². The number of benzene rings is 2. The molecule has 2 amide bonds. The number of amides is 2. The summed E-state index contributed by atoms with van der Waals surface area (Å²) in [6.07, 6.45) is 2.61. The zero-order chi connectivity index (χ0) is 23.5. The summed E-state index contributed by atoms with van der Waals surface area (Å²) in [6, 6.07) is 9.42. The largest absolute Gasteiger partial charge is 0.419 e. The van der Waals surface area contributed by atoms with Crippen molar-refractivity contribution < 1.29 is 27.9 Å². The standard InChI is InChI=1S/C23H22F2N4O4/c24-16-5-3-6-17(25)18(16)21-28-19(20(26)31)22(33-21)27-14-9-7-13(8-10-14)23(32)29-11-2-1-4-15(29)12-30/h3,5-10,15,27,30H,1-2,4,11-12H2,(H2,26,31). The molecule has 4 rings (SSSR count). The van der Waals surface area contributed by atoms with Crippen LogP contribution in [0.2, 0.25) is 0 Å². The molecule has 0 aliphatic carbocycles. The minimum absolute atomic E-state index is 0.0856. The second kappa shape index (κ2) is 9.37. The number of aliphatic hydroxyl groups excluding tert-OH is 1. The number of hydrogen-bond donors (Lipinski definition) is 3. The van der Waals surface area contributed by atoms with Crippen molar-refractivity contribution in [2.24, 2.45) is 5.73 Å². The van der Waals surface area contributed by atoms with Gasteiger partial charge in [0.15, 0.2) is 5.69 Å². The Morgan fingerprint density at radius 3 is 2.48 bits per heavy atom. The van der Waals surface area contributed by atoms with Gasteiger partial charge in [-0.05, 0) is 55.7 Å². The number of nitrogens with two attached hydrogens (primary N) is 1. The second-order valence-electron chi connectivity index (χ2n) is 7.69. The van der Waals surface area contributed by atoms with Gasteiger partial charge in [0.1, 0.15) is 17.2 Å². The zero-order valence-electron chi connectivity index (χ0n) is 17.6. The molecule has 1 saturated heterocycles. The quantitative estimate of drug-likeness (QED) is 0.522. The number of rotatable bonds is 6. The van der Waals surface area contributed by atoms with Gasteiger partial charge in [0.25, 0.3) is 11.8 Å². The minimum atomic E-state index is -0.948. The molecular weight excluding hydrogens is 434 g/mol. The van der Waals surface area contributed by atoms with E-state index < -0.39 is 29.0 Å². The number of primary amides is 1. The van der Waals surface area contributed by atoms with Gasteiger partial charge in [0.2, 0.25) is 11.8 Å². The maximum atomic E-state index is 14.1. The van der Waals surface area contributed by atoms with Crippen molar-refractivity contribution >= 4 is 23.4 Å². The lowest BCUT2D eigenvalue weighted by molar-refractivity contribution is 0.0503. The van der Waals surface area contributed by atoms with Crippen LogP contribution in [0.4, 0.5) is 20.4 Å². The molecule has 1 aromatic heterocycles.